The fraction of sp³-hybridized carbons (Fsp3) is 1.00. The molecule has 0 radical (unpaired) electrons. The minimum absolute atomic E-state index is 1.03. The summed E-state index contributed by atoms with van der Waals surface area (Å²) in [6.07, 6.45) is 0. The highest BCUT2D eigenvalue weighted by molar-refractivity contribution is 6.54. The molecule has 0 spiro atoms. The maximum atomic E-state index is 7.24. The molecule has 0 aromatic heterocycles. The van der Waals surface area contributed by atoms with E-state index in [-0.39, 0.29) is 0 Å². The Balaban J connectivity index is 4.75. The van der Waals surface area contributed by atoms with Crippen LogP contribution >= 0.6 is 0 Å². The Labute approximate surface area is 39.1 Å². The van der Waals surface area contributed by atoms with Crippen molar-refractivity contribution >= 4 is 8.73 Å². The Morgan fingerprint density at radius 2 is 2.50 bits per heavy atom. The highest BCUT2D eigenvalue weighted by atomic mass is 28.3. The quantitative estimate of drug-likeness (QED) is 0.383. The lowest BCUT2D eigenvalue weighted by Gasteiger charge is -1.75. The van der Waals surface area contributed by atoms with Gasteiger partial charge in [0.15, 0.2) is 0 Å². The molecular formula is C3H10Si. The highest BCUT2D eigenvalue weighted by Crippen LogP contribution is 1.68. The topological polar surface area (TPSA) is 0 Å². The van der Waals surface area contributed by atoms with Crippen LogP contribution in [0.3, 0.4) is 0 Å². The van der Waals surface area contributed by atoms with Crippen LogP contribution in [0.2, 0.25) is 19.5 Å². The normalized spacial score (nSPS) is 43.8. The van der Waals surface area contributed by atoms with Crippen LogP contribution in [0.1, 0.15) is 8.22 Å². The minimum atomic E-state index is -3.86. The van der Waals surface area contributed by atoms with E-state index in [1.54, 1.807) is 0 Å². The molecule has 0 aromatic rings. The predicted octanol–water partition coefficient (Wildman–Crippen LogP) is 1.10. The Bertz CT molecular complexity index is 125. The third-order valence-electron chi connectivity index (χ3n) is 0. The van der Waals surface area contributed by atoms with E-state index in [2.05, 4.69) is 0 Å². The van der Waals surface area contributed by atoms with Crippen molar-refractivity contribution in [2.24, 2.45) is 0 Å². The van der Waals surface area contributed by atoms with Crippen LogP contribution in [0, 0.1) is 0 Å². The van der Waals surface area contributed by atoms with E-state index < -0.39 is 21.7 Å². The van der Waals surface area contributed by atoms with E-state index in [0.29, 0.717) is 0 Å². The largest absolute Gasteiger partial charge is 0.0724 e. The van der Waals surface area contributed by atoms with Crippen LogP contribution < -0.4 is 0 Å². The van der Waals surface area contributed by atoms with Crippen molar-refractivity contribution in [1.29, 1.82) is 1.23 Å². The summed E-state index contributed by atoms with van der Waals surface area (Å²) in [7, 11) is -3.86. The highest BCUT2D eigenvalue weighted by Gasteiger charge is 1.71. The maximum absolute atomic E-state index is 7.24. The van der Waals surface area contributed by atoms with Gasteiger partial charge in [0, 0.05) is 18.2 Å². The van der Waals surface area contributed by atoms with Crippen LogP contribution in [0.15, 0.2) is 0 Å². The van der Waals surface area contributed by atoms with Crippen molar-refractivity contribution in [2.45, 2.75) is 19.5 Å². The molecule has 26 valence electrons. The van der Waals surface area contributed by atoms with Crippen molar-refractivity contribution in [3.63, 3.8) is 0 Å². The van der Waals surface area contributed by atoms with Crippen LogP contribution in [0.25, 0.3) is 0 Å². The standard InChI is InChI=1S/C3H10Si/c1-4(2)3/h4H,1-3H3/i1D3,2D3,4D. The van der Waals surface area contributed by atoms with Gasteiger partial charge in [0.05, 0.1) is 0 Å². The lowest BCUT2D eigenvalue weighted by Crippen LogP contribution is -1.84. The van der Waals surface area contributed by atoms with E-state index in [1.807, 2.05) is 0 Å². The third-order valence-corrected chi connectivity index (χ3v) is 0. The number of hydrogen-bond acceptors (Lipinski definition) is 0. The molecule has 0 amide bonds. The second-order valence-electron chi connectivity index (χ2n) is 0.625. The van der Waals surface area contributed by atoms with Crippen LogP contribution in [-0.4, -0.2) is 9.96 Å². The van der Waals surface area contributed by atoms with Gasteiger partial charge in [-0.3, -0.25) is 0 Å². The van der Waals surface area contributed by atoms with Gasteiger partial charge < -0.3 is 0 Å². The number of hydrogen-bond donors (Lipinski definition) is 0. The zero-order chi connectivity index (χ0) is 9.50. The first-order valence-corrected chi connectivity index (χ1v) is 3.00. The molecule has 0 saturated heterocycles. The zero-order valence-corrected chi connectivity index (χ0v) is 3.50. The van der Waals surface area contributed by atoms with E-state index in [0.717, 1.165) is 6.55 Å². The van der Waals surface area contributed by atoms with Gasteiger partial charge in [-0.05, 0) is 0 Å². The van der Waals surface area contributed by atoms with Crippen molar-refractivity contribution in [2.75, 3.05) is 0 Å². The first-order valence-electron chi connectivity index (χ1n) is 4.50. The van der Waals surface area contributed by atoms with Gasteiger partial charge in [-0.25, -0.2) is 0 Å². The number of rotatable bonds is 0. The van der Waals surface area contributed by atoms with E-state index in [9.17, 15) is 0 Å². The van der Waals surface area contributed by atoms with Gasteiger partial charge in [-0.2, -0.15) is 0 Å². The molecule has 1 heteroatoms. The van der Waals surface area contributed by atoms with Crippen LogP contribution in [0.5, 0.6) is 0 Å². The smallest absolute Gasteiger partial charge is 0.0274 e. The second kappa shape index (κ2) is 1.53. The van der Waals surface area contributed by atoms with Gasteiger partial charge in [-0.1, -0.05) is 19.5 Å². The summed E-state index contributed by atoms with van der Waals surface area (Å²) in [6.45, 7) is -4.22. The molecule has 0 N–H and O–H groups in total. The van der Waals surface area contributed by atoms with Gasteiger partial charge >= 0.3 is 0 Å². The summed E-state index contributed by atoms with van der Waals surface area (Å²) in [6, 6.07) is 0. The summed E-state index contributed by atoms with van der Waals surface area (Å²) < 4.78 is 48.3. The zero-order valence-electron chi connectivity index (χ0n) is 9.50. The summed E-state index contributed by atoms with van der Waals surface area (Å²) in [5, 5.41) is 0. The molecule has 0 rings (SSSR count). The molecule has 0 aliphatic rings. The van der Waals surface area contributed by atoms with Crippen molar-refractivity contribution < 1.29 is 8.22 Å². The molecule has 0 aliphatic carbocycles. The average Bonchev–Trinajstić information content (AvgIpc) is 1.58. The fourth-order valence-corrected chi connectivity index (χ4v) is 0. The molecule has 0 aliphatic heterocycles. The summed E-state index contributed by atoms with van der Waals surface area (Å²) in [5.74, 6) is 0. The summed E-state index contributed by atoms with van der Waals surface area (Å²) in [5.41, 5.74) is 0. The third kappa shape index (κ3) is 69.8. The first kappa shape index (κ1) is 0.418. The van der Waals surface area contributed by atoms with E-state index >= 15 is 0 Å². The molecule has 0 unspecified atom stereocenters. The fourth-order valence-electron chi connectivity index (χ4n) is 0. The monoisotopic (exact) mass is 81.1 g/mol. The van der Waals surface area contributed by atoms with Gasteiger partial charge in [0.25, 0.3) is 0 Å². The Hall–Kier alpha value is 0.217. The van der Waals surface area contributed by atoms with Gasteiger partial charge in [0.2, 0.25) is 0 Å². The van der Waals surface area contributed by atoms with Crippen molar-refractivity contribution in [3.05, 3.63) is 0 Å². The second-order valence-corrected chi connectivity index (χ2v) is 1.88. The van der Waals surface area contributed by atoms with Crippen LogP contribution in [0.4, 0.5) is 0 Å². The van der Waals surface area contributed by atoms with E-state index in [1.165, 1.54) is 0 Å². The molecule has 0 nitrogen and oxygen atoms in total. The Morgan fingerprint density at radius 3 is 2.50 bits per heavy atom. The lowest BCUT2D eigenvalue weighted by molar-refractivity contribution is 1.91. The SMILES string of the molecule is [2H]C([2H])([2H])[Si]([2H])(C)C([2H])([2H])[2H]. The Kier molecular flexibility index (Phi) is 0.160. The van der Waals surface area contributed by atoms with Crippen molar-refractivity contribution in [3.8, 4) is 0 Å². The maximum Gasteiger partial charge on any atom is 0.0274 e. The summed E-state index contributed by atoms with van der Waals surface area (Å²) in [4.78, 5) is 0. The molecule has 0 fully saturated rings. The first-order chi connectivity index (χ1) is 4.50. The van der Waals surface area contributed by atoms with E-state index in [4.69, 9.17) is 9.46 Å². The molecule has 0 bridgehead atoms. The molecule has 0 heterocycles. The molecule has 0 atom stereocenters. The molecule has 0 aromatic carbocycles. The molecule has 0 saturated carbocycles. The predicted molar refractivity (Wildman–Crippen MR) is 24.7 cm³/mol. The average molecular weight is 81.2 g/mol. The molecular weight excluding hydrogens is 64.1 g/mol. The lowest BCUT2D eigenvalue weighted by atomic mass is 11.8. The van der Waals surface area contributed by atoms with Crippen molar-refractivity contribution in [1.82, 2.24) is 0 Å². The van der Waals surface area contributed by atoms with Crippen LogP contribution in [-0.2, 0) is 0 Å². The Morgan fingerprint density at radius 1 is 2.00 bits per heavy atom. The van der Waals surface area contributed by atoms with Gasteiger partial charge in [0.1, 0.15) is 0 Å². The van der Waals surface area contributed by atoms with Gasteiger partial charge in [-0.15, -0.1) is 0 Å². The minimum Gasteiger partial charge on any atom is -0.0724 e. The summed E-state index contributed by atoms with van der Waals surface area (Å²) >= 11 is 0. The molecule has 4 heavy (non-hydrogen) atoms.